The van der Waals surface area contributed by atoms with Gasteiger partial charge in [-0.2, -0.15) is 4.98 Å². The van der Waals surface area contributed by atoms with Crippen LogP contribution >= 0.6 is 34.5 Å². The van der Waals surface area contributed by atoms with Crippen LogP contribution in [-0.2, 0) is 0 Å². The van der Waals surface area contributed by atoms with E-state index in [2.05, 4.69) is 32.8 Å². The zero-order chi connectivity index (χ0) is 16.5. The Hall–Kier alpha value is -2.14. The van der Waals surface area contributed by atoms with E-state index >= 15 is 0 Å². The lowest BCUT2D eigenvalue weighted by molar-refractivity contribution is 1.23. The summed E-state index contributed by atoms with van der Waals surface area (Å²) in [5.74, 6) is 0.651. The van der Waals surface area contributed by atoms with Gasteiger partial charge in [-0.3, -0.25) is 0 Å². The normalized spacial score (nSPS) is 10.9. The highest BCUT2D eigenvalue weighted by molar-refractivity contribution is 7.17. The maximum Gasteiger partial charge on any atom is 0.225 e. The van der Waals surface area contributed by atoms with Crippen molar-refractivity contribution >= 4 is 56.3 Å². The Morgan fingerprint density at radius 1 is 0.875 bits per heavy atom. The summed E-state index contributed by atoms with van der Waals surface area (Å²) in [4.78, 5) is 9.57. The van der Waals surface area contributed by atoms with E-state index in [1.54, 1.807) is 11.3 Å². The molecule has 0 aliphatic rings. The molecule has 24 heavy (non-hydrogen) atoms. The molecule has 118 valence electrons. The molecule has 6 heteroatoms. The largest absolute Gasteiger partial charge is 0.338 e. The highest BCUT2D eigenvalue weighted by Gasteiger charge is 2.15. The smallest absolute Gasteiger partial charge is 0.225 e. The third kappa shape index (κ3) is 2.84. The second-order valence-corrected chi connectivity index (χ2v) is 6.75. The Kier molecular flexibility index (Phi) is 4.10. The molecule has 4 aromatic rings. The summed E-state index contributed by atoms with van der Waals surface area (Å²) in [5.41, 5.74) is 2.96. The van der Waals surface area contributed by atoms with E-state index in [1.807, 2.05) is 42.5 Å². The molecule has 0 aliphatic heterocycles. The predicted octanol–water partition coefficient (Wildman–Crippen LogP) is 6.41. The van der Waals surface area contributed by atoms with Gasteiger partial charge in [-0.1, -0.05) is 54.1 Å². The van der Waals surface area contributed by atoms with Crippen molar-refractivity contribution in [2.45, 2.75) is 0 Å². The molecule has 0 bridgehead atoms. The minimum Gasteiger partial charge on any atom is -0.338 e. The zero-order valence-corrected chi connectivity index (χ0v) is 14.7. The maximum atomic E-state index is 6.26. The van der Waals surface area contributed by atoms with Crippen LogP contribution in [0.25, 0.3) is 21.3 Å². The third-order valence-electron chi connectivity index (χ3n) is 3.62. The fourth-order valence-corrected chi connectivity index (χ4v) is 3.88. The van der Waals surface area contributed by atoms with Crippen LogP contribution < -0.4 is 5.32 Å². The van der Waals surface area contributed by atoms with Crippen LogP contribution in [0.2, 0.25) is 10.3 Å². The summed E-state index contributed by atoms with van der Waals surface area (Å²) in [6, 6.07) is 17.7. The van der Waals surface area contributed by atoms with Crippen molar-refractivity contribution in [3.63, 3.8) is 0 Å². The first-order valence-electron chi connectivity index (χ1n) is 7.24. The molecule has 0 fully saturated rings. The molecule has 2 heterocycles. The highest BCUT2D eigenvalue weighted by Crippen LogP contribution is 2.39. The van der Waals surface area contributed by atoms with Crippen LogP contribution in [0.5, 0.6) is 0 Å². The van der Waals surface area contributed by atoms with Crippen molar-refractivity contribution in [3.05, 3.63) is 70.3 Å². The van der Waals surface area contributed by atoms with Gasteiger partial charge in [-0.15, -0.1) is 11.3 Å². The molecule has 3 nitrogen and oxygen atoms in total. The SMILES string of the molecule is Clc1nc(Nc2ccccc2Cl)c2c(-c3ccccc3)csc2n1. The first kappa shape index (κ1) is 15.4. The van der Waals surface area contributed by atoms with E-state index in [0.717, 1.165) is 27.0 Å². The summed E-state index contributed by atoms with van der Waals surface area (Å²) < 4.78 is 0. The van der Waals surface area contributed by atoms with Crippen LogP contribution in [0.15, 0.2) is 60.0 Å². The number of halogens is 2. The summed E-state index contributed by atoms with van der Waals surface area (Å²) in [6.07, 6.45) is 0. The predicted molar refractivity (Wildman–Crippen MR) is 103 cm³/mol. The molecule has 0 spiro atoms. The molecular weight excluding hydrogens is 361 g/mol. The van der Waals surface area contributed by atoms with Crippen molar-refractivity contribution in [1.29, 1.82) is 0 Å². The van der Waals surface area contributed by atoms with E-state index < -0.39 is 0 Å². The molecule has 0 saturated heterocycles. The average Bonchev–Trinajstić information content (AvgIpc) is 3.01. The molecule has 2 aromatic carbocycles. The van der Waals surface area contributed by atoms with Gasteiger partial charge in [-0.25, -0.2) is 4.98 Å². The molecule has 0 atom stereocenters. The van der Waals surface area contributed by atoms with Crippen LogP contribution in [-0.4, -0.2) is 9.97 Å². The van der Waals surface area contributed by atoms with Crippen molar-refractivity contribution in [3.8, 4) is 11.1 Å². The zero-order valence-electron chi connectivity index (χ0n) is 12.3. The fraction of sp³-hybridized carbons (Fsp3) is 0. The van der Waals surface area contributed by atoms with Gasteiger partial charge in [-0.05, 0) is 29.3 Å². The Bertz CT molecular complexity index is 1020. The highest BCUT2D eigenvalue weighted by atomic mass is 35.5. The lowest BCUT2D eigenvalue weighted by atomic mass is 10.1. The number of hydrogen-bond donors (Lipinski definition) is 1. The van der Waals surface area contributed by atoms with Gasteiger partial charge in [0.2, 0.25) is 5.28 Å². The fourth-order valence-electron chi connectivity index (χ4n) is 2.53. The molecular formula is C18H11Cl2N3S. The molecule has 0 aliphatic carbocycles. The van der Waals surface area contributed by atoms with Gasteiger partial charge in [0.25, 0.3) is 0 Å². The van der Waals surface area contributed by atoms with Crippen molar-refractivity contribution in [1.82, 2.24) is 9.97 Å². The molecule has 0 amide bonds. The Labute approximate surface area is 152 Å². The van der Waals surface area contributed by atoms with Crippen molar-refractivity contribution < 1.29 is 0 Å². The monoisotopic (exact) mass is 371 g/mol. The van der Waals surface area contributed by atoms with Gasteiger partial charge in [0.1, 0.15) is 10.6 Å². The van der Waals surface area contributed by atoms with Gasteiger partial charge in [0, 0.05) is 10.9 Å². The van der Waals surface area contributed by atoms with Gasteiger partial charge in [0.05, 0.1) is 16.1 Å². The summed E-state index contributed by atoms with van der Waals surface area (Å²) in [6.45, 7) is 0. The number of nitrogens with zero attached hydrogens (tertiary/aromatic N) is 2. The molecule has 1 N–H and O–H groups in total. The average molecular weight is 372 g/mol. The second kappa shape index (κ2) is 6.40. The minimum atomic E-state index is 0.207. The standard InChI is InChI=1S/C18H11Cl2N3S/c19-13-8-4-5-9-14(13)21-16-15-12(11-6-2-1-3-7-11)10-24-17(15)23-18(20)22-16/h1-10H,(H,21,22,23). The van der Waals surface area contributed by atoms with Crippen LogP contribution in [0, 0.1) is 0 Å². The number of benzene rings is 2. The third-order valence-corrected chi connectivity index (χ3v) is 4.99. The lowest BCUT2D eigenvalue weighted by Gasteiger charge is -2.10. The number of thiophene rings is 1. The van der Waals surface area contributed by atoms with E-state index in [1.165, 1.54) is 0 Å². The van der Waals surface area contributed by atoms with E-state index in [-0.39, 0.29) is 5.28 Å². The molecule has 2 aromatic heterocycles. The topological polar surface area (TPSA) is 37.8 Å². The van der Waals surface area contributed by atoms with Crippen LogP contribution in [0.1, 0.15) is 0 Å². The van der Waals surface area contributed by atoms with Gasteiger partial charge < -0.3 is 5.32 Å². The number of hydrogen-bond acceptors (Lipinski definition) is 4. The number of aromatic nitrogens is 2. The molecule has 4 rings (SSSR count). The van der Waals surface area contributed by atoms with Gasteiger partial charge in [0.15, 0.2) is 0 Å². The van der Waals surface area contributed by atoms with Crippen molar-refractivity contribution in [2.75, 3.05) is 5.32 Å². The molecule has 0 unspecified atom stereocenters. The number of para-hydroxylation sites is 1. The minimum absolute atomic E-state index is 0.207. The first-order valence-corrected chi connectivity index (χ1v) is 8.87. The Balaban J connectivity index is 1.91. The lowest BCUT2D eigenvalue weighted by Crippen LogP contribution is -1.97. The van der Waals surface area contributed by atoms with E-state index in [0.29, 0.717) is 10.8 Å². The summed E-state index contributed by atoms with van der Waals surface area (Å²) in [7, 11) is 0. The number of nitrogens with one attached hydrogen (secondary N) is 1. The Morgan fingerprint density at radius 3 is 2.42 bits per heavy atom. The van der Waals surface area contributed by atoms with E-state index in [9.17, 15) is 0 Å². The van der Waals surface area contributed by atoms with E-state index in [4.69, 9.17) is 23.2 Å². The maximum absolute atomic E-state index is 6.26. The second-order valence-electron chi connectivity index (χ2n) is 5.14. The Morgan fingerprint density at radius 2 is 1.62 bits per heavy atom. The van der Waals surface area contributed by atoms with Gasteiger partial charge >= 0.3 is 0 Å². The van der Waals surface area contributed by atoms with Crippen LogP contribution in [0.3, 0.4) is 0 Å². The quantitative estimate of drug-likeness (QED) is 0.422. The van der Waals surface area contributed by atoms with Crippen LogP contribution in [0.4, 0.5) is 11.5 Å². The summed E-state index contributed by atoms with van der Waals surface area (Å²) in [5, 5.41) is 7.13. The first-order chi connectivity index (χ1) is 11.7. The molecule has 0 saturated carbocycles. The number of fused-ring (bicyclic) bond motifs is 1. The number of rotatable bonds is 3. The molecule has 0 radical (unpaired) electrons. The summed E-state index contributed by atoms with van der Waals surface area (Å²) >= 11 is 13.9. The van der Waals surface area contributed by atoms with Crippen molar-refractivity contribution in [2.24, 2.45) is 0 Å². The number of anilines is 2.